The Morgan fingerprint density at radius 3 is 2.81 bits per heavy atom. The molecule has 4 rings (SSSR count). The average Bonchev–Trinajstić information content (AvgIpc) is 3.26. The molecular formula is C22H24ClFN4O2S. The van der Waals surface area contributed by atoms with Crippen molar-refractivity contribution < 1.29 is 13.9 Å². The van der Waals surface area contributed by atoms with Crippen LogP contribution in [0.4, 0.5) is 4.39 Å². The van der Waals surface area contributed by atoms with Crippen LogP contribution in [0.25, 0.3) is 0 Å². The van der Waals surface area contributed by atoms with Crippen LogP contribution in [0.1, 0.15) is 43.8 Å². The molecule has 1 fully saturated rings. The van der Waals surface area contributed by atoms with E-state index >= 15 is 0 Å². The molecule has 0 bridgehead atoms. The number of halogens is 2. The maximum atomic E-state index is 13.7. The minimum atomic E-state index is -0.755. The molecule has 0 radical (unpaired) electrons. The molecule has 2 aromatic rings. The van der Waals surface area contributed by atoms with Crippen molar-refractivity contribution in [3.63, 3.8) is 0 Å². The van der Waals surface area contributed by atoms with Gasteiger partial charge in [0.25, 0.3) is 0 Å². The molecule has 9 heteroatoms. The quantitative estimate of drug-likeness (QED) is 0.649. The average molecular weight is 463 g/mol. The number of carbonyl (C=O) groups is 1. The number of ether oxygens (including phenoxy) is 1. The lowest BCUT2D eigenvalue weighted by atomic mass is 9.57. The Balaban J connectivity index is 1.91. The third-order valence-electron chi connectivity index (χ3n) is 6.15. The zero-order chi connectivity index (χ0) is 22.3. The third-order valence-corrected chi connectivity index (χ3v) is 7.26. The molecule has 6 nitrogen and oxygen atoms in total. The van der Waals surface area contributed by atoms with Gasteiger partial charge in [0.2, 0.25) is 0 Å². The van der Waals surface area contributed by atoms with Crippen LogP contribution >= 0.6 is 22.9 Å². The van der Waals surface area contributed by atoms with Crippen molar-refractivity contribution in [3.8, 4) is 0 Å². The lowest BCUT2D eigenvalue weighted by Gasteiger charge is -2.52. The van der Waals surface area contributed by atoms with Crippen molar-refractivity contribution in [2.45, 2.75) is 39.3 Å². The van der Waals surface area contributed by atoms with Crippen LogP contribution < -0.4 is 11.1 Å². The number of thiazole rings is 1. The van der Waals surface area contributed by atoms with Crippen LogP contribution in [-0.4, -0.2) is 29.4 Å². The van der Waals surface area contributed by atoms with Crippen molar-refractivity contribution in [1.82, 2.24) is 10.3 Å². The van der Waals surface area contributed by atoms with Crippen LogP contribution in [0.5, 0.6) is 0 Å². The van der Waals surface area contributed by atoms with Crippen molar-refractivity contribution in [3.05, 3.63) is 62.5 Å². The van der Waals surface area contributed by atoms with E-state index in [2.05, 4.69) is 24.1 Å². The van der Waals surface area contributed by atoms with Crippen molar-refractivity contribution >= 4 is 34.7 Å². The molecular weight excluding hydrogens is 439 g/mol. The molecule has 3 N–H and O–H groups in total. The summed E-state index contributed by atoms with van der Waals surface area (Å²) in [6, 6.07) is 3.35. The molecule has 0 amide bonds. The molecule has 1 saturated carbocycles. The number of nitrogens with two attached hydrogens (primary N) is 1. The second kappa shape index (κ2) is 8.33. The van der Waals surface area contributed by atoms with Crippen LogP contribution in [0.15, 0.2) is 46.0 Å². The Kier molecular flexibility index (Phi) is 5.89. The zero-order valence-corrected chi connectivity index (χ0v) is 19.1. The van der Waals surface area contributed by atoms with Gasteiger partial charge in [-0.05, 0) is 30.9 Å². The summed E-state index contributed by atoms with van der Waals surface area (Å²) in [5, 5.41) is 6.09. The molecule has 164 valence electrons. The Bertz CT molecular complexity index is 1070. The van der Waals surface area contributed by atoms with E-state index < -0.39 is 17.8 Å². The van der Waals surface area contributed by atoms with E-state index in [-0.39, 0.29) is 29.0 Å². The first-order valence-corrected chi connectivity index (χ1v) is 11.4. The van der Waals surface area contributed by atoms with Gasteiger partial charge in [-0.25, -0.2) is 14.2 Å². The smallest absolute Gasteiger partial charge is 0.338 e. The normalized spacial score (nSPS) is 24.8. The number of carbonyl (C=O) groups excluding carboxylic acids is 1. The second-order valence-electron chi connectivity index (χ2n) is 8.27. The third kappa shape index (κ3) is 3.88. The number of rotatable bonds is 5. The number of nitrogens with zero attached hydrogens (tertiary/aromatic N) is 2. The highest BCUT2D eigenvalue weighted by atomic mass is 35.5. The molecule has 2 aliphatic rings. The number of benzene rings is 1. The Morgan fingerprint density at radius 2 is 2.23 bits per heavy atom. The maximum absolute atomic E-state index is 13.7. The van der Waals surface area contributed by atoms with Gasteiger partial charge in [0.1, 0.15) is 11.9 Å². The molecule has 3 atom stereocenters. The fourth-order valence-corrected chi connectivity index (χ4v) is 4.98. The van der Waals surface area contributed by atoms with Crippen LogP contribution in [0, 0.1) is 17.2 Å². The predicted octanol–water partition coefficient (Wildman–Crippen LogP) is 4.22. The van der Waals surface area contributed by atoms with Gasteiger partial charge in [0.05, 0.1) is 12.2 Å². The van der Waals surface area contributed by atoms with E-state index in [1.165, 1.54) is 23.5 Å². The summed E-state index contributed by atoms with van der Waals surface area (Å²) in [5.74, 6) is -0.401. The molecule has 31 heavy (non-hydrogen) atoms. The van der Waals surface area contributed by atoms with Crippen LogP contribution in [0.2, 0.25) is 5.02 Å². The molecule has 1 aliphatic carbocycles. The highest BCUT2D eigenvalue weighted by molar-refractivity contribution is 7.11. The molecule has 0 spiro atoms. The highest BCUT2D eigenvalue weighted by Crippen LogP contribution is 2.51. The molecule has 1 aromatic carbocycles. The molecule has 2 heterocycles. The number of hydrogen-bond donors (Lipinski definition) is 2. The molecule has 1 aromatic heterocycles. The van der Waals surface area contributed by atoms with Gasteiger partial charge in [-0.15, -0.1) is 11.3 Å². The lowest BCUT2D eigenvalue weighted by Crippen LogP contribution is -2.57. The van der Waals surface area contributed by atoms with Gasteiger partial charge in [0.15, 0.2) is 10.8 Å². The number of nitrogens with one attached hydrogen (secondary N) is 1. The number of aromatic nitrogens is 1. The Labute approximate surface area is 189 Å². The Morgan fingerprint density at radius 1 is 1.45 bits per heavy atom. The molecule has 1 aliphatic heterocycles. The van der Waals surface area contributed by atoms with Gasteiger partial charge in [-0.2, -0.15) is 0 Å². The van der Waals surface area contributed by atoms with Crippen molar-refractivity contribution in [2.24, 2.45) is 22.1 Å². The standard InChI is InChI=1S/C22H24ClFN4O2S/c1-4-30-21(29)16-17(12-6-5-11(24)9-14(12)23)27-19(20-26-7-8-31-20)28-18(16)13-10-15(25)22(13,2)3/h5-9,13,15,17H,4,10,25H2,1-3H3,(H,27,28)/t13-,15-,17?/m1/s1. The summed E-state index contributed by atoms with van der Waals surface area (Å²) in [6.07, 6.45) is 2.41. The molecule has 0 saturated heterocycles. The van der Waals surface area contributed by atoms with E-state index in [4.69, 9.17) is 27.1 Å². The van der Waals surface area contributed by atoms with Gasteiger partial charge in [-0.3, -0.25) is 4.99 Å². The predicted molar refractivity (Wildman–Crippen MR) is 119 cm³/mol. The summed E-state index contributed by atoms with van der Waals surface area (Å²) >= 11 is 7.83. The minimum absolute atomic E-state index is 0.00489. The number of hydrogen-bond acceptors (Lipinski definition) is 7. The first-order valence-electron chi connectivity index (χ1n) is 10.1. The van der Waals surface area contributed by atoms with Gasteiger partial charge in [-0.1, -0.05) is 31.5 Å². The summed E-state index contributed by atoms with van der Waals surface area (Å²) in [5.41, 5.74) is 7.67. The summed E-state index contributed by atoms with van der Waals surface area (Å²) < 4.78 is 19.1. The number of amidine groups is 1. The summed E-state index contributed by atoms with van der Waals surface area (Å²) in [4.78, 5) is 22.3. The lowest BCUT2D eigenvalue weighted by molar-refractivity contribution is -0.139. The van der Waals surface area contributed by atoms with Gasteiger partial charge >= 0.3 is 5.97 Å². The van der Waals surface area contributed by atoms with Crippen molar-refractivity contribution in [2.75, 3.05) is 6.61 Å². The minimum Gasteiger partial charge on any atom is -0.463 e. The first-order chi connectivity index (χ1) is 14.7. The van der Waals surface area contributed by atoms with E-state index in [1.807, 2.05) is 5.38 Å². The number of esters is 1. The fraction of sp³-hybridized carbons (Fsp3) is 0.409. The topological polar surface area (TPSA) is 89.6 Å². The zero-order valence-electron chi connectivity index (χ0n) is 17.5. The van der Waals surface area contributed by atoms with E-state index in [0.29, 0.717) is 28.4 Å². The first kappa shape index (κ1) is 21.9. The number of aliphatic imine (C=N–C) groups is 1. The second-order valence-corrected chi connectivity index (χ2v) is 9.57. The maximum Gasteiger partial charge on any atom is 0.338 e. The van der Waals surface area contributed by atoms with Crippen LogP contribution in [0.3, 0.4) is 0 Å². The SMILES string of the molecule is CCOC(=O)C1=C([C@H]2C[C@@H](N)C2(C)C)NC(c2nccs2)=NC1c1ccc(F)cc1Cl. The van der Waals surface area contributed by atoms with E-state index in [0.717, 1.165) is 5.70 Å². The van der Waals surface area contributed by atoms with Gasteiger partial charge in [0, 0.05) is 39.8 Å². The van der Waals surface area contributed by atoms with E-state index in [9.17, 15) is 9.18 Å². The highest BCUT2D eigenvalue weighted by Gasteiger charge is 2.51. The monoisotopic (exact) mass is 462 g/mol. The van der Waals surface area contributed by atoms with Crippen molar-refractivity contribution in [1.29, 1.82) is 0 Å². The fourth-order valence-electron chi connectivity index (χ4n) is 4.12. The van der Waals surface area contributed by atoms with Gasteiger partial charge < -0.3 is 15.8 Å². The van der Waals surface area contributed by atoms with E-state index in [1.54, 1.807) is 19.2 Å². The van der Waals surface area contributed by atoms with Crippen LogP contribution in [-0.2, 0) is 9.53 Å². The number of allylic oxidation sites excluding steroid dienone is 1. The molecule has 1 unspecified atom stereocenters. The Hall–Kier alpha value is -2.29. The summed E-state index contributed by atoms with van der Waals surface area (Å²) in [6.45, 7) is 6.13. The largest absolute Gasteiger partial charge is 0.463 e. The summed E-state index contributed by atoms with van der Waals surface area (Å²) in [7, 11) is 0.